The fourth-order valence-corrected chi connectivity index (χ4v) is 10.1. The highest BCUT2D eigenvalue weighted by atomic mass is 31.2. The van der Waals surface area contributed by atoms with E-state index in [1.807, 2.05) is 36.4 Å². The zero-order chi connectivity index (χ0) is 26.2. The number of hydrogen-bond donors (Lipinski definition) is 0. The summed E-state index contributed by atoms with van der Waals surface area (Å²) in [7, 11) is -1.33. The van der Waals surface area contributed by atoms with Crippen molar-refractivity contribution in [2.45, 2.75) is 57.9 Å². The Bertz CT molecular complexity index is 1270. The Morgan fingerprint density at radius 3 is 2.11 bits per heavy atom. The molecule has 3 aliphatic rings. The van der Waals surface area contributed by atoms with E-state index in [-0.39, 0.29) is 5.41 Å². The van der Waals surface area contributed by atoms with Gasteiger partial charge in [0.15, 0.2) is 0 Å². The largest absolute Gasteiger partial charge is 0.497 e. The van der Waals surface area contributed by atoms with E-state index in [0.717, 1.165) is 28.7 Å². The summed E-state index contributed by atoms with van der Waals surface area (Å²) in [5.74, 6) is 2.29. The van der Waals surface area contributed by atoms with Crippen LogP contribution in [0.2, 0.25) is 0 Å². The van der Waals surface area contributed by atoms with Gasteiger partial charge < -0.3 is 4.74 Å². The van der Waals surface area contributed by atoms with Gasteiger partial charge >= 0.3 is 0 Å². The summed E-state index contributed by atoms with van der Waals surface area (Å²) in [6.07, 6.45) is 11.0. The highest BCUT2D eigenvalue weighted by Crippen LogP contribution is 2.68. The van der Waals surface area contributed by atoms with Gasteiger partial charge in [0, 0.05) is 23.2 Å². The van der Waals surface area contributed by atoms with Crippen LogP contribution in [0.4, 0.5) is 0 Å². The van der Waals surface area contributed by atoms with Crippen molar-refractivity contribution in [3.63, 3.8) is 0 Å². The molecule has 3 aromatic rings. The molecule has 1 heterocycles. The molecule has 1 aliphatic heterocycles. The van der Waals surface area contributed by atoms with Gasteiger partial charge in [-0.3, -0.25) is 4.57 Å². The van der Waals surface area contributed by atoms with Crippen LogP contribution in [-0.2, 0) is 4.57 Å². The molecule has 0 unspecified atom stereocenters. The smallest absolute Gasteiger partial charge is 0.207 e. The molecule has 0 N–H and O–H groups in total. The molecule has 3 nitrogen and oxygen atoms in total. The fourth-order valence-electron chi connectivity index (χ4n) is 6.97. The lowest BCUT2D eigenvalue weighted by molar-refractivity contribution is 0.205. The topological polar surface area (TPSA) is 29.5 Å². The third kappa shape index (κ3) is 4.69. The average Bonchev–Trinajstić information content (AvgIpc) is 3.91. The lowest BCUT2D eigenvalue weighted by Crippen LogP contribution is -2.45. The molecule has 0 radical (unpaired) electrons. The van der Waals surface area contributed by atoms with Crippen molar-refractivity contribution < 1.29 is 9.30 Å². The van der Waals surface area contributed by atoms with E-state index in [0.29, 0.717) is 18.5 Å². The number of unbranched alkanes of at least 4 members (excludes halogenated alkanes) is 1. The van der Waals surface area contributed by atoms with Gasteiger partial charge in [-0.15, -0.1) is 0 Å². The Balaban J connectivity index is 1.47. The van der Waals surface area contributed by atoms with Crippen LogP contribution in [0.1, 0.15) is 57.4 Å². The van der Waals surface area contributed by atoms with Gasteiger partial charge in [0.1, 0.15) is 5.75 Å². The monoisotopic (exact) mass is 525 g/mol. The average molecular weight is 526 g/mol. The number of allylic oxidation sites excluding steroid dienone is 1. The number of ether oxygens (including phenoxy) is 1. The van der Waals surface area contributed by atoms with Gasteiger partial charge in [-0.2, -0.15) is 0 Å². The summed E-state index contributed by atoms with van der Waals surface area (Å²) >= 11 is 0. The maximum atomic E-state index is 15.7. The van der Waals surface area contributed by atoms with E-state index in [9.17, 15) is 0 Å². The van der Waals surface area contributed by atoms with Crippen molar-refractivity contribution in [3.05, 3.63) is 96.6 Å². The minimum atomic E-state index is -3.05. The maximum Gasteiger partial charge on any atom is 0.207 e. The summed E-state index contributed by atoms with van der Waals surface area (Å²) in [6.45, 7) is 3.01. The minimum absolute atomic E-state index is 0.202. The minimum Gasteiger partial charge on any atom is -0.497 e. The lowest BCUT2D eigenvalue weighted by Gasteiger charge is -2.41. The van der Waals surface area contributed by atoms with E-state index < -0.39 is 7.29 Å². The van der Waals surface area contributed by atoms with Crippen LogP contribution in [0.25, 0.3) is 5.57 Å². The van der Waals surface area contributed by atoms with Crippen molar-refractivity contribution in [3.8, 4) is 5.75 Å². The predicted molar refractivity (Wildman–Crippen MR) is 159 cm³/mol. The molecular formula is C34H40NO2P. The SMILES string of the molecule is CCCC[C@H]1C[C@@H]1[C@@H]1N(P(=O)(c2ccccc2)c2ccccc2)CC=C(c2ccc(OC)cc2)CC12CC2. The van der Waals surface area contributed by atoms with Crippen LogP contribution < -0.4 is 15.3 Å². The zero-order valence-electron chi connectivity index (χ0n) is 22.8. The molecule has 2 aliphatic carbocycles. The second kappa shape index (κ2) is 10.5. The molecule has 3 aromatic carbocycles. The third-order valence-corrected chi connectivity index (χ3v) is 12.4. The lowest BCUT2D eigenvalue weighted by atomic mass is 9.84. The standard InChI is InChI=1S/C34H40NO2P/c1-3-4-11-27-24-32(27)33-34(21-22-34)25-28(26-16-18-29(37-2)19-17-26)20-23-35(33)38(36,30-12-7-5-8-13-30)31-14-9-6-10-15-31/h5-10,12-20,27,32-33H,3-4,11,21-25H2,1-2H3/t27-,32-,33-/m0/s1. The second-order valence-corrected chi connectivity index (χ2v) is 14.3. The van der Waals surface area contributed by atoms with Crippen molar-refractivity contribution in [2.75, 3.05) is 13.7 Å². The maximum absolute atomic E-state index is 15.7. The first-order valence-corrected chi connectivity index (χ1v) is 16.1. The van der Waals surface area contributed by atoms with Crippen LogP contribution in [0, 0.1) is 17.3 Å². The first-order valence-electron chi connectivity index (χ1n) is 14.4. The number of benzene rings is 3. The Kier molecular flexibility index (Phi) is 7.10. The molecule has 198 valence electrons. The van der Waals surface area contributed by atoms with Crippen LogP contribution in [0.5, 0.6) is 5.75 Å². The molecule has 2 saturated carbocycles. The van der Waals surface area contributed by atoms with E-state index in [2.05, 4.69) is 66.2 Å². The number of methoxy groups -OCH3 is 1. The number of hydrogen-bond acceptors (Lipinski definition) is 2. The predicted octanol–water partition coefficient (Wildman–Crippen LogP) is 7.69. The first kappa shape index (κ1) is 25.7. The van der Waals surface area contributed by atoms with E-state index in [1.165, 1.54) is 49.7 Å². The van der Waals surface area contributed by atoms with E-state index in [4.69, 9.17) is 4.74 Å². The van der Waals surface area contributed by atoms with Gasteiger partial charge in [0.25, 0.3) is 0 Å². The molecule has 1 spiro atoms. The van der Waals surface area contributed by atoms with E-state index >= 15 is 4.57 Å². The summed E-state index contributed by atoms with van der Waals surface area (Å²) < 4.78 is 23.6. The highest BCUT2D eigenvalue weighted by Gasteiger charge is 2.62. The molecule has 0 bridgehead atoms. The molecule has 0 aromatic heterocycles. The number of nitrogens with zero attached hydrogens (tertiary/aromatic N) is 1. The Morgan fingerprint density at radius 2 is 1.55 bits per heavy atom. The summed E-state index contributed by atoms with van der Waals surface area (Å²) in [5, 5.41) is 1.91. The van der Waals surface area contributed by atoms with Crippen LogP contribution in [0.15, 0.2) is 91.0 Å². The Morgan fingerprint density at radius 1 is 0.921 bits per heavy atom. The third-order valence-electron chi connectivity index (χ3n) is 9.25. The Labute approximate surface area is 228 Å². The normalized spacial score (nSPS) is 24.5. The zero-order valence-corrected chi connectivity index (χ0v) is 23.7. The van der Waals surface area contributed by atoms with Crippen molar-refractivity contribution in [1.82, 2.24) is 4.67 Å². The number of rotatable bonds is 9. The van der Waals surface area contributed by atoms with Crippen molar-refractivity contribution in [2.24, 2.45) is 17.3 Å². The van der Waals surface area contributed by atoms with E-state index in [1.54, 1.807) is 7.11 Å². The van der Waals surface area contributed by atoms with Crippen LogP contribution in [0.3, 0.4) is 0 Å². The summed E-state index contributed by atoms with van der Waals surface area (Å²) in [6, 6.07) is 29.5. The second-order valence-electron chi connectivity index (χ2n) is 11.6. The molecule has 6 rings (SSSR count). The van der Waals surface area contributed by atoms with Gasteiger partial charge in [-0.05, 0) is 90.5 Å². The molecule has 3 atom stereocenters. The molecular weight excluding hydrogens is 485 g/mol. The Hall–Kier alpha value is -2.61. The highest BCUT2D eigenvalue weighted by molar-refractivity contribution is 7.76. The summed E-state index contributed by atoms with van der Waals surface area (Å²) in [4.78, 5) is 0. The first-order chi connectivity index (χ1) is 18.6. The molecule has 2 fully saturated rings. The fraction of sp³-hybridized carbons (Fsp3) is 0.412. The van der Waals surface area contributed by atoms with Gasteiger partial charge in [0.05, 0.1) is 7.11 Å². The molecule has 38 heavy (non-hydrogen) atoms. The van der Waals surface area contributed by atoms with Crippen LogP contribution >= 0.6 is 7.29 Å². The quantitative estimate of drug-likeness (QED) is 0.268. The molecule has 0 saturated heterocycles. The van der Waals surface area contributed by atoms with Crippen molar-refractivity contribution >= 4 is 23.5 Å². The van der Waals surface area contributed by atoms with Gasteiger partial charge in [-0.25, -0.2) is 4.67 Å². The van der Waals surface area contributed by atoms with Gasteiger partial charge in [-0.1, -0.05) is 80.8 Å². The summed E-state index contributed by atoms with van der Waals surface area (Å²) in [5.41, 5.74) is 2.87. The van der Waals surface area contributed by atoms with Gasteiger partial charge in [0.2, 0.25) is 7.29 Å². The van der Waals surface area contributed by atoms with Crippen LogP contribution in [-0.4, -0.2) is 24.4 Å². The van der Waals surface area contributed by atoms with Crippen molar-refractivity contribution in [1.29, 1.82) is 0 Å². The molecule has 4 heteroatoms. The molecule has 0 amide bonds.